The molecule has 1 saturated heterocycles. The maximum atomic E-state index is 11.4. The molecule has 3 heteroatoms. The molecular formula is C9H11NO2. The number of carbonyl (C=O) groups is 1. The summed E-state index contributed by atoms with van der Waals surface area (Å²) in [4.78, 5) is 13.2. The summed E-state index contributed by atoms with van der Waals surface area (Å²) in [7, 11) is 0. The molecule has 64 valence electrons. The van der Waals surface area contributed by atoms with Gasteiger partial charge in [-0.05, 0) is 25.5 Å². The molecule has 2 rings (SSSR count). The van der Waals surface area contributed by atoms with Crippen molar-refractivity contribution in [1.82, 2.24) is 4.90 Å². The predicted octanol–water partition coefficient (Wildman–Crippen LogP) is 1.35. The molecule has 1 aromatic rings. The minimum absolute atomic E-state index is 0.0196. The summed E-state index contributed by atoms with van der Waals surface area (Å²) >= 11 is 0. The monoisotopic (exact) mass is 165 g/mol. The molecule has 0 unspecified atom stereocenters. The van der Waals surface area contributed by atoms with Crippen LogP contribution in [-0.4, -0.2) is 23.9 Å². The average molecular weight is 165 g/mol. The van der Waals surface area contributed by atoms with Crippen LogP contribution in [0.15, 0.2) is 10.5 Å². The van der Waals surface area contributed by atoms with Crippen LogP contribution in [-0.2, 0) is 0 Å². The van der Waals surface area contributed by atoms with Gasteiger partial charge in [-0.25, -0.2) is 0 Å². The molecule has 2 heterocycles. The molecule has 0 aliphatic carbocycles. The summed E-state index contributed by atoms with van der Waals surface area (Å²) in [5.41, 5.74) is 1.04. The standard InChI is InChI=1S/C9H11NO2/c1-6-5-8(12-7(6)2)9(11)10-3-4-10/h5H,3-4H2,1-2H3. The third-order valence-electron chi connectivity index (χ3n) is 2.11. The van der Waals surface area contributed by atoms with Crippen molar-refractivity contribution in [2.45, 2.75) is 13.8 Å². The van der Waals surface area contributed by atoms with Crippen LogP contribution in [0.1, 0.15) is 21.9 Å². The summed E-state index contributed by atoms with van der Waals surface area (Å²) in [5.74, 6) is 1.33. The van der Waals surface area contributed by atoms with Crippen molar-refractivity contribution >= 4 is 5.91 Å². The van der Waals surface area contributed by atoms with Gasteiger partial charge in [0.25, 0.3) is 5.91 Å². The van der Waals surface area contributed by atoms with Crippen molar-refractivity contribution in [3.05, 3.63) is 23.2 Å². The zero-order chi connectivity index (χ0) is 8.72. The molecular weight excluding hydrogens is 154 g/mol. The second-order valence-electron chi connectivity index (χ2n) is 3.14. The fourth-order valence-electron chi connectivity index (χ4n) is 1.09. The lowest BCUT2D eigenvalue weighted by molar-refractivity contribution is 0.0854. The van der Waals surface area contributed by atoms with Crippen molar-refractivity contribution in [2.24, 2.45) is 0 Å². The third-order valence-corrected chi connectivity index (χ3v) is 2.11. The Morgan fingerprint density at radius 2 is 2.17 bits per heavy atom. The van der Waals surface area contributed by atoms with Gasteiger partial charge >= 0.3 is 0 Å². The van der Waals surface area contributed by atoms with Gasteiger partial charge in [-0.1, -0.05) is 0 Å². The molecule has 0 saturated carbocycles. The van der Waals surface area contributed by atoms with E-state index in [1.54, 1.807) is 11.0 Å². The first-order valence-corrected chi connectivity index (χ1v) is 4.05. The topological polar surface area (TPSA) is 33.2 Å². The Morgan fingerprint density at radius 1 is 1.50 bits per heavy atom. The summed E-state index contributed by atoms with van der Waals surface area (Å²) in [5, 5.41) is 0. The number of aryl methyl sites for hydroxylation is 2. The highest BCUT2D eigenvalue weighted by Gasteiger charge is 2.27. The maximum Gasteiger partial charge on any atom is 0.289 e. The van der Waals surface area contributed by atoms with Gasteiger partial charge in [0.2, 0.25) is 0 Å². The summed E-state index contributed by atoms with van der Waals surface area (Å²) < 4.78 is 5.29. The van der Waals surface area contributed by atoms with E-state index in [9.17, 15) is 4.79 Å². The summed E-state index contributed by atoms with van der Waals surface area (Å²) in [6, 6.07) is 1.80. The van der Waals surface area contributed by atoms with E-state index in [2.05, 4.69) is 0 Å². The molecule has 0 N–H and O–H groups in total. The van der Waals surface area contributed by atoms with Crippen molar-refractivity contribution in [3.8, 4) is 0 Å². The van der Waals surface area contributed by atoms with Crippen LogP contribution in [0.2, 0.25) is 0 Å². The largest absolute Gasteiger partial charge is 0.456 e. The number of furan rings is 1. The molecule has 1 amide bonds. The summed E-state index contributed by atoms with van der Waals surface area (Å²) in [6.45, 7) is 5.56. The van der Waals surface area contributed by atoms with Crippen molar-refractivity contribution in [1.29, 1.82) is 0 Å². The highest BCUT2D eigenvalue weighted by molar-refractivity contribution is 5.93. The molecule has 1 aliphatic heterocycles. The fourth-order valence-corrected chi connectivity index (χ4v) is 1.09. The van der Waals surface area contributed by atoms with E-state index in [1.165, 1.54) is 0 Å². The van der Waals surface area contributed by atoms with Crippen molar-refractivity contribution in [2.75, 3.05) is 13.1 Å². The van der Waals surface area contributed by atoms with Gasteiger partial charge in [0.15, 0.2) is 5.76 Å². The number of rotatable bonds is 1. The number of amides is 1. The average Bonchev–Trinajstić information content (AvgIpc) is 2.80. The van der Waals surface area contributed by atoms with Crippen LogP contribution < -0.4 is 0 Å². The number of carbonyl (C=O) groups excluding carboxylic acids is 1. The van der Waals surface area contributed by atoms with E-state index in [4.69, 9.17) is 4.42 Å². The van der Waals surface area contributed by atoms with E-state index in [1.807, 2.05) is 13.8 Å². The zero-order valence-electron chi connectivity index (χ0n) is 7.26. The minimum Gasteiger partial charge on any atom is -0.456 e. The van der Waals surface area contributed by atoms with Crippen LogP contribution >= 0.6 is 0 Å². The van der Waals surface area contributed by atoms with Gasteiger partial charge in [0, 0.05) is 13.1 Å². The molecule has 3 nitrogen and oxygen atoms in total. The Kier molecular flexibility index (Phi) is 1.46. The molecule has 0 spiro atoms. The van der Waals surface area contributed by atoms with Crippen LogP contribution in [0.25, 0.3) is 0 Å². The predicted molar refractivity (Wildman–Crippen MR) is 44.1 cm³/mol. The number of nitrogens with zero attached hydrogens (tertiary/aromatic N) is 1. The summed E-state index contributed by atoms with van der Waals surface area (Å²) in [6.07, 6.45) is 0. The maximum absolute atomic E-state index is 11.4. The highest BCUT2D eigenvalue weighted by atomic mass is 16.4. The van der Waals surface area contributed by atoms with E-state index >= 15 is 0 Å². The Balaban J connectivity index is 2.27. The second-order valence-corrected chi connectivity index (χ2v) is 3.14. The minimum atomic E-state index is 0.0196. The van der Waals surface area contributed by atoms with E-state index in [0.717, 1.165) is 24.4 Å². The molecule has 1 aliphatic rings. The van der Waals surface area contributed by atoms with Gasteiger partial charge in [-0.15, -0.1) is 0 Å². The van der Waals surface area contributed by atoms with Crippen LogP contribution in [0.4, 0.5) is 0 Å². The first kappa shape index (κ1) is 7.40. The Labute approximate surface area is 71.0 Å². The van der Waals surface area contributed by atoms with Gasteiger partial charge in [-0.3, -0.25) is 4.79 Å². The number of hydrogen-bond acceptors (Lipinski definition) is 2. The molecule has 0 aromatic carbocycles. The molecule has 1 fully saturated rings. The lowest BCUT2D eigenvalue weighted by Crippen LogP contribution is -2.08. The molecule has 0 atom stereocenters. The van der Waals surface area contributed by atoms with E-state index in [-0.39, 0.29) is 5.91 Å². The smallest absolute Gasteiger partial charge is 0.289 e. The van der Waals surface area contributed by atoms with Crippen LogP contribution in [0.5, 0.6) is 0 Å². The molecule has 12 heavy (non-hydrogen) atoms. The van der Waals surface area contributed by atoms with Gasteiger partial charge in [-0.2, -0.15) is 0 Å². The quantitative estimate of drug-likeness (QED) is 0.588. The fraction of sp³-hybridized carbons (Fsp3) is 0.444. The molecule has 1 aromatic heterocycles. The molecule has 0 bridgehead atoms. The molecule has 0 radical (unpaired) electrons. The van der Waals surface area contributed by atoms with Crippen molar-refractivity contribution in [3.63, 3.8) is 0 Å². The van der Waals surface area contributed by atoms with Gasteiger partial charge in [0.1, 0.15) is 5.76 Å². The number of hydrogen-bond donors (Lipinski definition) is 0. The highest BCUT2D eigenvalue weighted by Crippen LogP contribution is 2.17. The van der Waals surface area contributed by atoms with Crippen molar-refractivity contribution < 1.29 is 9.21 Å². The SMILES string of the molecule is Cc1cc(C(=O)N2CC2)oc1C. The Hall–Kier alpha value is -1.25. The van der Waals surface area contributed by atoms with Gasteiger partial charge in [0.05, 0.1) is 0 Å². The second kappa shape index (κ2) is 2.37. The van der Waals surface area contributed by atoms with Gasteiger partial charge < -0.3 is 9.32 Å². The Bertz CT molecular complexity index is 304. The lowest BCUT2D eigenvalue weighted by atomic mass is 10.3. The van der Waals surface area contributed by atoms with Crippen LogP contribution in [0.3, 0.4) is 0 Å². The Morgan fingerprint density at radius 3 is 2.58 bits per heavy atom. The van der Waals surface area contributed by atoms with Crippen LogP contribution in [0, 0.1) is 13.8 Å². The first-order chi connectivity index (χ1) is 5.68. The lowest BCUT2D eigenvalue weighted by Gasteiger charge is -1.94. The first-order valence-electron chi connectivity index (χ1n) is 4.05. The zero-order valence-corrected chi connectivity index (χ0v) is 7.26. The van der Waals surface area contributed by atoms with E-state index in [0.29, 0.717) is 5.76 Å². The normalized spacial score (nSPS) is 15.0. The third kappa shape index (κ3) is 1.11. The van der Waals surface area contributed by atoms with E-state index < -0.39 is 0 Å².